The molecule has 1 aliphatic rings. The molecule has 0 spiro atoms. The highest BCUT2D eigenvalue weighted by Gasteiger charge is 2.28. The van der Waals surface area contributed by atoms with E-state index in [4.69, 9.17) is 9.72 Å². The van der Waals surface area contributed by atoms with Gasteiger partial charge in [-0.2, -0.15) is 5.10 Å². The van der Waals surface area contributed by atoms with Crippen LogP contribution in [0.15, 0.2) is 12.4 Å². The second kappa shape index (κ2) is 7.50. The number of ether oxygens (including phenoxy) is 1. The summed E-state index contributed by atoms with van der Waals surface area (Å²) in [5, 5.41) is 5.26. The number of aryl methyl sites for hydroxylation is 3. The second-order valence-electron chi connectivity index (χ2n) is 7.38. The Bertz CT molecular complexity index is 1030. The number of anilines is 1. The van der Waals surface area contributed by atoms with Crippen LogP contribution in [0.4, 0.5) is 5.82 Å². The molecule has 4 rings (SSSR count). The van der Waals surface area contributed by atoms with Gasteiger partial charge in [0.15, 0.2) is 0 Å². The molecule has 0 saturated carbocycles. The Kier molecular flexibility index (Phi) is 5.05. The van der Waals surface area contributed by atoms with E-state index in [1.807, 2.05) is 38.7 Å². The van der Waals surface area contributed by atoms with Crippen LogP contribution in [0.3, 0.4) is 0 Å². The molecule has 0 amide bonds. The van der Waals surface area contributed by atoms with Crippen molar-refractivity contribution in [2.75, 3.05) is 24.6 Å². The third-order valence-corrected chi connectivity index (χ3v) is 6.38. The predicted molar refractivity (Wildman–Crippen MR) is 110 cm³/mol. The number of rotatable bonds is 5. The first kappa shape index (κ1) is 18.9. The van der Waals surface area contributed by atoms with E-state index in [1.54, 1.807) is 0 Å². The second-order valence-corrected chi connectivity index (χ2v) is 8.38. The normalized spacial score (nSPS) is 16.9. The number of thiophene rings is 1. The Morgan fingerprint density at radius 2 is 2.18 bits per heavy atom. The maximum absolute atomic E-state index is 12.3. The van der Waals surface area contributed by atoms with Gasteiger partial charge in [0.25, 0.3) is 0 Å². The minimum atomic E-state index is -0.275. The maximum atomic E-state index is 12.3. The van der Waals surface area contributed by atoms with Crippen LogP contribution >= 0.6 is 11.3 Å². The van der Waals surface area contributed by atoms with Gasteiger partial charge < -0.3 is 9.64 Å². The number of hydrogen-bond acceptors (Lipinski definition) is 7. The van der Waals surface area contributed by atoms with Crippen LogP contribution < -0.4 is 4.90 Å². The van der Waals surface area contributed by atoms with Gasteiger partial charge in [-0.15, -0.1) is 11.3 Å². The van der Waals surface area contributed by atoms with Crippen LogP contribution in [0, 0.1) is 19.8 Å². The van der Waals surface area contributed by atoms with Crippen molar-refractivity contribution in [1.29, 1.82) is 0 Å². The first-order valence-electron chi connectivity index (χ1n) is 9.63. The molecule has 1 atom stereocenters. The number of aromatic nitrogens is 4. The lowest BCUT2D eigenvalue weighted by Gasteiger charge is -2.19. The number of hydrogen-bond donors (Lipinski definition) is 0. The average molecular weight is 400 g/mol. The summed E-state index contributed by atoms with van der Waals surface area (Å²) in [5.41, 5.74) is 2.19. The van der Waals surface area contributed by atoms with Gasteiger partial charge in [0.1, 0.15) is 21.3 Å². The van der Waals surface area contributed by atoms with Crippen molar-refractivity contribution >= 4 is 33.3 Å². The fourth-order valence-corrected chi connectivity index (χ4v) is 5.06. The zero-order valence-corrected chi connectivity index (χ0v) is 17.5. The van der Waals surface area contributed by atoms with E-state index in [0.717, 1.165) is 53.4 Å². The molecule has 1 saturated heterocycles. The molecule has 1 aliphatic heterocycles. The number of carbonyl (C=O) groups is 1. The van der Waals surface area contributed by atoms with Gasteiger partial charge >= 0.3 is 5.97 Å². The first-order chi connectivity index (χ1) is 13.5. The van der Waals surface area contributed by atoms with Crippen LogP contribution in [0.5, 0.6) is 0 Å². The summed E-state index contributed by atoms with van der Waals surface area (Å²) in [6.07, 6.45) is 6.18. The predicted octanol–water partition coefficient (Wildman–Crippen LogP) is 3.29. The third-order valence-electron chi connectivity index (χ3n) is 5.21. The Hall–Kier alpha value is -2.48. The molecule has 0 bridgehead atoms. The number of fused-ring (bicyclic) bond motifs is 1. The van der Waals surface area contributed by atoms with Gasteiger partial charge in [-0.25, -0.2) is 14.8 Å². The molecule has 7 nitrogen and oxygen atoms in total. The van der Waals surface area contributed by atoms with E-state index >= 15 is 0 Å². The Morgan fingerprint density at radius 1 is 1.36 bits per heavy atom. The molecule has 28 heavy (non-hydrogen) atoms. The molecular weight excluding hydrogens is 374 g/mol. The van der Waals surface area contributed by atoms with Crippen LogP contribution in [-0.4, -0.2) is 45.4 Å². The Morgan fingerprint density at radius 3 is 2.89 bits per heavy atom. The Labute approximate surface area is 168 Å². The highest BCUT2D eigenvalue weighted by atomic mass is 32.1. The lowest BCUT2D eigenvalue weighted by molar-refractivity contribution is 0.0531. The smallest absolute Gasteiger partial charge is 0.348 e. The summed E-state index contributed by atoms with van der Waals surface area (Å²) in [5.74, 6) is 1.97. The molecule has 8 heteroatoms. The van der Waals surface area contributed by atoms with Crippen molar-refractivity contribution in [2.45, 2.75) is 33.6 Å². The highest BCUT2D eigenvalue weighted by molar-refractivity contribution is 7.20. The SMILES string of the molecule is CCOC(=O)c1sc2nc(C)nc(N3CCC(Cc4cnn(C)c4)C3)c2c1C. The van der Waals surface area contributed by atoms with Crippen molar-refractivity contribution in [2.24, 2.45) is 13.0 Å². The van der Waals surface area contributed by atoms with Gasteiger partial charge in [0.05, 0.1) is 18.2 Å². The van der Waals surface area contributed by atoms with Crippen molar-refractivity contribution in [1.82, 2.24) is 19.7 Å². The van der Waals surface area contributed by atoms with Crippen LogP contribution in [0.1, 0.15) is 40.0 Å². The lowest BCUT2D eigenvalue weighted by atomic mass is 10.0. The molecule has 3 aromatic heterocycles. The summed E-state index contributed by atoms with van der Waals surface area (Å²) in [6, 6.07) is 0. The topological polar surface area (TPSA) is 73.1 Å². The van der Waals surface area contributed by atoms with Gasteiger partial charge in [-0.1, -0.05) is 0 Å². The minimum Gasteiger partial charge on any atom is -0.462 e. The van der Waals surface area contributed by atoms with Crippen LogP contribution in [0.25, 0.3) is 10.2 Å². The van der Waals surface area contributed by atoms with Gasteiger partial charge in [-0.3, -0.25) is 4.68 Å². The largest absolute Gasteiger partial charge is 0.462 e. The first-order valence-corrected chi connectivity index (χ1v) is 10.4. The van der Waals surface area contributed by atoms with E-state index < -0.39 is 0 Å². The monoisotopic (exact) mass is 399 g/mol. The minimum absolute atomic E-state index is 0.275. The van der Waals surface area contributed by atoms with Crippen molar-refractivity contribution in [3.63, 3.8) is 0 Å². The fourth-order valence-electron chi connectivity index (χ4n) is 3.94. The van der Waals surface area contributed by atoms with E-state index in [1.165, 1.54) is 16.9 Å². The fraction of sp³-hybridized carbons (Fsp3) is 0.500. The zero-order valence-electron chi connectivity index (χ0n) is 16.7. The van der Waals surface area contributed by atoms with E-state index in [-0.39, 0.29) is 5.97 Å². The average Bonchev–Trinajstić information content (AvgIpc) is 3.35. The van der Waals surface area contributed by atoms with Crippen molar-refractivity contribution in [3.8, 4) is 0 Å². The number of esters is 1. The number of carbonyl (C=O) groups excluding carboxylic acids is 1. The van der Waals surface area contributed by atoms with Crippen LogP contribution in [0.2, 0.25) is 0 Å². The number of nitrogens with zero attached hydrogens (tertiary/aromatic N) is 5. The molecule has 0 aromatic carbocycles. The molecule has 4 heterocycles. The zero-order chi connectivity index (χ0) is 19.8. The summed E-state index contributed by atoms with van der Waals surface area (Å²) < 4.78 is 7.07. The van der Waals surface area contributed by atoms with Gasteiger partial charge in [0.2, 0.25) is 0 Å². The summed E-state index contributed by atoms with van der Waals surface area (Å²) >= 11 is 1.40. The molecule has 0 aliphatic carbocycles. The van der Waals surface area contributed by atoms with E-state index in [2.05, 4.69) is 21.2 Å². The molecule has 1 fully saturated rings. The van der Waals surface area contributed by atoms with E-state index in [0.29, 0.717) is 17.4 Å². The summed E-state index contributed by atoms with van der Waals surface area (Å²) in [7, 11) is 1.95. The molecule has 3 aromatic rings. The van der Waals surface area contributed by atoms with Gasteiger partial charge in [-0.05, 0) is 50.7 Å². The molecule has 1 unspecified atom stereocenters. The summed E-state index contributed by atoms with van der Waals surface area (Å²) in [6.45, 7) is 7.97. The Balaban J connectivity index is 1.64. The standard InChI is InChI=1S/C20H25N5O2S/c1-5-27-20(26)17-12(2)16-18(22-13(3)23-19(16)28-17)25-7-6-14(11-25)8-15-9-21-24(4)10-15/h9-10,14H,5-8,11H2,1-4H3. The van der Waals surface area contributed by atoms with Crippen molar-refractivity contribution in [3.05, 3.63) is 34.2 Å². The molecule has 0 radical (unpaired) electrons. The quantitative estimate of drug-likeness (QED) is 0.613. The molecule has 0 N–H and O–H groups in total. The van der Waals surface area contributed by atoms with Gasteiger partial charge in [0, 0.05) is 26.3 Å². The highest BCUT2D eigenvalue weighted by Crippen LogP contribution is 2.37. The summed E-state index contributed by atoms with van der Waals surface area (Å²) in [4.78, 5) is 25.5. The molecule has 148 valence electrons. The van der Waals surface area contributed by atoms with Crippen LogP contribution in [-0.2, 0) is 18.2 Å². The molecular formula is C20H25N5O2S. The van der Waals surface area contributed by atoms with E-state index in [9.17, 15) is 4.79 Å². The maximum Gasteiger partial charge on any atom is 0.348 e. The lowest BCUT2D eigenvalue weighted by Crippen LogP contribution is -2.22. The van der Waals surface area contributed by atoms with Crippen molar-refractivity contribution < 1.29 is 9.53 Å². The third kappa shape index (κ3) is 3.48.